The van der Waals surface area contributed by atoms with Crippen molar-refractivity contribution in [1.82, 2.24) is 5.43 Å². The molecule has 7 heteroatoms. The number of amides is 1. The SMILES string of the molecule is CCOc1ccc(C(=O)Oc2ccc3ccccc3c2/C=N/NC(=O)COc2cc(C)ccc2C(C)C)cc1. The Morgan fingerprint density at radius 3 is 2.44 bits per heavy atom. The van der Waals surface area contributed by atoms with Crippen LogP contribution in [-0.4, -0.2) is 31.3 Å². The molecule has 4 aromatic rings. The van der Waals surface area contributed by atoms with Crippen molar-refractivity contribution >= 4 is 28.9 Å². The number of rotatable bonds is 10. The molecule has 0 unspecified atom stereocenters. The third-order valence-electron chi connectivity index (χ3n) is 6.07. The average molecular weight is 525 g/mol. The minimum absolute atomic E-state index is 0.185. The summed E-state index contributed by atoms with van der Waals surface area (Å²) in [5.74, 6) is 1.02. The second-order valence-corrected chi connectivity index (χ2v) is 9.32. The molecular formula is C32H32N2O5. The number of hydrazone groups is 1. The van der Waals surface area contributed by atoms with E-state index in [0.717, 1.165) is 21.9 Å². The number of nitrogens with one attached hydrogen (secondary N) is 1. The summed E-state index contributed by atoms with van der Waals surface area (Å²) in [7, 11) is 0. The van der Waals surface area contributed by atoms with Gasteiger partial charge >= 0.3 is 5.97 Å². The maximum atomic E-state index is 12.9. The lowest BCUT2D eigenvalue weighted by Gasteiger charge is -2.14. The standard InChI is InChI=1S/C32H32N2O5/c1-5-37-25-14-11-24(12-15-25)32(36)39-29-17-13-23-8-6-7-9-27(23)28(29)19-33-34-31(35)20-38-30-18-22(4)10-16-26(30)21(2)3/h6-19,21H,5,20H2,1-4H3,(H,34,35)/b33-19+. The molecule has 7 nitrogen and oxygen atoms in total. The number of carbonyl (C=O) groups excluding carboxylic acids is 2. The third-order valence-corrected chi connectivity index (χ3v) is 6.07. The van der Waals surface area contributed by atoms with E-state index in [4.69, 9.17) is 14.2 Å². The molecule has 4 aromatic carbocycles. The van der Waals surface area contributed by atoms with Crippen LogP contribution in [0.15, 0.2) is 84.0 Å². The summed E-state index contributed by atoms with van der Waals surface area (Å²) in [6, 6.07) is 24.0. The zero-order chi connectivity index (χ0) is 27.8. The van der Waals surface area contributed by atoms with E-state index in [-0.39, 0.29) is 12.5 Å². The maximum Gasteiger partial charge on any atom is 0.343 e. The summed E-state index contributed by atoms with van der Waals surface area (Å²) in [4.78, 5) is 25.4. The number of fused-ring (bicyclic) bond motifs is 1. The van der Waals surface area contributed by atoms with Gasteiger partial charge in [0.2, 0.25) is 0 Å². The van der Waals surface area contributed by atoms with Gasteiger partial charge in [0.05, 0.1) is 18.4 Å². The highest BCUT2D eigenvalue weighted by Crippen LogP contribution is 2.29. The average Bonchev–Trinajstić information content (AvgIpc) is 2.93. The first-order valence-corrected chi connectivity index (χ1v) is 12.9. The van der Waals surface area contributed by atoms with Crippen LogP contribution >= 0.6 is 0 Å². The fourth-order valence-electron chi connectivity index (χ4n) is 4.10. The Balaban J connectivity index is 1.49. The van der Waals surface area contributed by atoms with Crippen LogP contribution < -0.4 is 19.6 Å². The van der Waals surface area contributed by atoms with Crippen molar-refractivity contribution in [2.45, 2.75) is 33.6 Å². The first kappa shape index (κ1) is 27.4. The normalized spacial score (nSPS) is 11.1. The van der Waals surface area contributed by atoms with Crippen LogP contribution in [0.2, 0.25) is 0 Å². The van der Waals surface area contributed by atoms with Gasteiger partial charge in [-0.1, -0.05) is 56.3 Å². The number of ether oxygens (including phenoxy) is 3. The van der Waals surface area contributed by atoms with E-state index in [0.29, 0.717) is 35.0 Å². The van der Waals surface area contributed by atoms with Gasteiger partial charge < -0.3 is 14.2 Å². The predicted molar refractivity (Wildman–Crippen MR) is 153 cm³/mol. The molecule has 4 rings (SSSR count). The third kappa shape index (κ3) is 7.02. The van der Waals surface area contributed by atoms with Crippen molar-refractivity contribution in [2.24, 2.45) is 5.10 Å². The van der Waals surface area contributed by atoms with Gasteiger partial charge in [-0.15, -0.1) is 0 Å². The first-order valence-electron chi connectivity index (χ1n) is 12.9. The lowest BCUT2D eigenvalue weighted by molar-refractivity contribution is -0.123. The molecule has 0 radical (unpaired) electrons. The molecule has 0 aliphatic heterocycles. The Bertz CT molecular complexity index is 1490. The molecule has 200 valence electrons. The van der Waals surface area contributed by atoms with E-state index < -0.39 is 11.9 Å². The summed E-state index contributed by atoms with van der Waals surface area (Å²) in [6.07, 6.45) is 1.48. The van der Waals surface area contributed by atoms with E-state index >= 15 is 0 Å². The van der Waals surface area contributed by atoms with E-state index in [1.807, 2.05) is 62.4 Å². The van der Waals surface area contributed by atoms with E-state index in [1.165, 1.54) is 6.21 Å². The van der Waals surface area contributed by atoms with Gasteiger partial charge in [0.25, 0.3) is 5.91 Å². The largest absolute Gasteiger partial charge is 0.494 e. The molecule has 0 aliphatic carbocycles. The predicted octanol–water partition coefficient (Wildman–Crippen LogP) is 6.42. The molecule has 0 saturated carbocycles. The molecular weight excluding hydrogens is 492 g/mol. The fraction of sp³-hybridized carbons (Fsp3) is 0.219. The number of nitrogens with zero attached hydrogens (tertiary/aromatic N) is 1. The van der Waals surface area contributed by atoms with Gasteiger partial charge in [0, 0.05) is 5.56 Å². The van der Waals surface area contributed by atoms with Gasteiger partial charge in [0.1, 0.15) is 17.2 Å². The highest BCUT2D eigenvalue weighted by molar-refractivity contribution is 6.04. The van der Waals surface area contributed by atoms with Crippen LogP contribution in [0.1, 0.15) is 53.7 Å². The number of esters is 1. The summed E-state index contributed by atoms with van der Waals surface area (Å²) >= 11 is 0. The van der Waals surface area contributed by atoms with Gasteiger partial charge in [-0.05, 0) is 78.1 Å². The van der Waals surface area contributed by atoms with Crippen LogP contribution in [0.3, 0.4) is 0 Å². The van der Waals surface area contributed by atoms with Crippen LogP contribution in [-0.2, 0) is 4.79 Å². The summed E-state index contributed by atoms with van der Waals surface area (Å²) in [6.45, 7) is 8.38. The number of carbonyl (C=O) groups is 2. The summed E-state index contributed by atoms with van der Waals surface area (Å²) in [5.41, 5.74) is 5.55. The second-order valence-electron chi connectivity index (χ2n) is 9.32. The van der Waals surface area contributed by atoms with Crippen LogP contribution in [0.5, 0.6) is 17.2 Å². The van der Waals surface area contributed by atoms with Gasteiger partial charge in [-0.3, -0.25) is 4.79 Å². The zero-order valence-corrected chi connectivity index (χ0v) is 22.6. The zero-order valence-electron chi connectivity index (χ0n) is 22.6. The summed E-state index contributed by atoms with van der Waals surface area (Å²) in [5, 5.41) is 5.90. The molecule has 0 spiro atoms. The van der Waals surface area contributed by atoms with E-state index in [1.54, 1.807) is 30.3 Å². The first-order chi connectivity index (χ1) is 18.9. The van der Waals surface area contributed by atoms with Gasteiger partial charge in [-0.25, -0.2) is 10.2 Å². The van der Waals surface area contributed by atoms with E-state index in [2.05, 4.69) is 24.4 Å². The lowest BCUT2D eigenvalue weighted by atomic mass is 10.0. The minimum atomic E-state index is -0.514. The number of hydrogen-bond donors (Lipinski definition) is 1. The molecule has 39 heavy (non-hydrogen) atoms. The molecule has 0 heterocycles. The smallest absolute Gasteiger partial charge is 0.343 e. The molecule has 0 atom stereocenters. The topological polar surface area (TPSA) is 86.2 Å². The highest BCUT2D eigenvalue weighted by atomic mass is 16.5. The van der Waals surface area contributed by atoms with Gasteiger partial charge in [0.15, 0.2) is 6.61 Å². The number of aryl methyl sites for hydroxylation is 1. The lowest BCUT2D eigenvalue weighted by Crippen LogP contribution is -2.25. The van der Waals surface area contributed by atoms with Crippen molar-refractivity contribution in [3.63, 3.8) is 0 Å². The Morgan fingerprint density at radius 2 is 1.69 bits per heavy atom. The fourth-order valence-corrected chi connectivity index (χ4v) is 4.10. The van der Waals surface area contributed by atoms with Crippen molar-refractivity contribution in [2.75, 3.05) is 13.2 Å². The molecule has 0 saturated heterocycles. The van der Waals surface area contributed by atoms with Crippen LogP contribution in [0, 0.1) is 6.92 Å². The van der Waals surface area contributed by atoms with Crippen LogP contribution in [0.25, 0.3) is 10.8 Å². The Hall–Kier alpha value is -4.65. The Kier molecular flexibility index (Phi) is 8.94. The molecule has 1 N–H and O–H groups in total. The number of benzene rings is 4. The molecule has 0 bridgehead atoms. The van der Waals surface area contributed by atoms with Crippen molar-refractivity contribution in [3.8, 4) is 17.2 Å². The molecule has 1 amide bonds. The minimum Gasteiger partial charge on any atom is -0.494 e. The quantitative estimate of drug-likeness (QED) is 0.112. The molecule has 0 fully saturated rings. The highest BCUT2D eigenvalue weighted by Gasteiger charge is 2.14. The second kappa shape index (κ2) is 12.7. The van der Waals surface area contributed by atoms with Gasteiger partial charge in [-0.2, -0.15) is 5.10 Å². The van der Waals surface area contributed by atoms with Crippen molar-refractivity contribution in [3.05, 3.63) is 101 Å². The maximum absolute atomic E-state index is 12.9. The summed E-state index contributed by atoms with van der Waals surface area (Å²) < 4.78 is 17.0. The monoisotopic (exact) mass is 524 g/mol. The van der Waals surface area contributed by atoms with E-state index in [9.17, 15) is 9.59 Å². The van der Waals surface area contributed by atoms with Crippen LogP contribution in [0.4, 0.5) is 0 Å². The van der Waals surface area contributed by atoms with Crippen molar-refractivity contribution in [1.29, 1.82) is 0 Å². The number of hydrogen-bond acceptors (Lipinski definition) is 6. The molecule has 0 aromatic heterocycles. The Morgan fingerprint density at radius 1 is 0.923 bits per heavy atom. The van der Waals surface area contributed by atoms with Crippen molar-refractivity contribution < 1.29 is 23.8 Å². The Labute approximate surface area is 228 Å². The molecule has 0 aliphatic rings.